The molecule has 2 aromatic rings. The van der Waals surface area contributed by atoms with E-state index in [-0.39, 0.29) is 6.04 Å². The Bertz CT molecular complexity index is 561. The fourth-order valence-electron chi connectivity index (χ4n) is 2.74. The molecule has 20 heavy (non-hydrogen) atoms. The molecule has 0 spiro atoms. The normalized spacial score (nSPS) is 18.9. The lowest BCUT2D eigenvalue weighted by atomic mass is 9.86. The van der Waals surface area contributed by atoms with Crippen molar-refractivity contribution in [1.82, 2.24) is 15.4 Å². The van der Waals surface area contributed by atoms with Gasteiger partial charge in [0.15, 0.2) is 0 Å². The van der Waals surface area contributed by atoms with E-state index in [2.05, 4.69) is 27.5 Å². The molecule has 1 aliphatic rings. The molecule has 0 bridgehead atoms. The van der Waals surface area contributed by atoms with Crippen LogP contribution in [0.1, 0.15) is 35.9 Å². The van der Waals surface area contributed by atoms with Crippen LogP contribution in [0.5, 0.6) is 5.75 Å². The minimum Gasteiger partial charge on any atom is -0.493 e. The van der Waals surface area contributed by atoms with Gasteiger partial charge in [0.05, 0.1) is 6.61 Å². The number of para-hydroxylation sites is 1. The largest absolute Gasteiger partial charge is 0.493 e. The molecule has 0 amide bonds. The molecular formula is C15H18N4O. The first-order valence-electron chi connectivity index (χ1n) is 6.81. The van der Waals surface area contributed by atoms with E-state index in [4.69, 9.17) is 10.6 Å². The zero-order valence-electron chi connectivity index (χ0n) is 11.2. The number of fused-ring (bicyclic) bond motifs is 1. The lowest BCUT2D eigenvalue weighted by Crippen LogP contribution is -2.30. The molecule has 1 aromatic heterocycles. The lowest BCUT2D eigenvalue weighted by Gasteiger charge is -2.28. The Morgan fingerprint density at radius 2 is 2.10 bits per heavy atom. The smallest absolute Gasteiger partial charge is 0.122 e. The van der Waals surface area contributed by atoms with Crippen LogP contribution in [-0.2, 0) is 0 Å². The van der Waals surface area contributed by atoms with Crippen LogP contribution in [0.2, 0.25) is 0 Å². The molecule has 1 aliphatic heterocycles. The summed E-state index contributed by atoms with van der Waals surface area (Å²) in [6.45, 7) is 0.754. The van der Waals surface area contributed by atoms with Gasteiger partial charge in [-0.05, 0) is 30.4 Å². The Morgan fingerprint density at radius 3 is 2.90 bits per heavy atom. The summed E-state index contributed by atoms with van der Waals surface area (Å²) in [5.41, 5.74) is 5.15. The van der Waals surface area contributed by atoms with Gasteiger partial charge in [0.1, 0.15) is 12.1 Å². The zero-order chi connectivity index (χ0) is 13.8. The van der Waals surface area contributed by atoms with Crippen LogP contribution in [0, 0.1) is 0 Å². The maximum Gasteiger partial charge on any atom is 0.122 e. The minimum atomic E-state index is 0.0485. The van der Waals surface area contributed by atoms with E-state index in [1.165, 1.54) is 11.9 Å². The topological polar surface area (TPSA) is 73.1 Å². The molecule has 3 N–H and O–H groups in total. The van der Waals surface area contributed by atoms with Crippen molar-refractivity contribution < 1.29 is 4.74 Å². The van der Waals surface area contributed by atoms with Crippen LogP contribution in [0.4, 0.5) is 0 Å². The standard InChI is InChI=1S/C15H18N4O/c16-19-14(12-8-17-10-18-9-12)7-11-5-6-20-15-4-2-1-3-13(11)15/h1-4,8-11,14,19H,5-7,16H2. The van der Waals surface area contributed by atoms with Gasteiger partial charge in [-0.25, -0.2) is 9.97 Å². The number of aromatic nitrogens is 2. The van der Waals surface area contributed by atoms with Crippen molar-refractivity contribution in [1.29, 1.82) is 0 Å². The fourth-order valence-corrected chi connectivity index (χ4v) is 2.74. The van der Waals surface area contributed by atoms with E-state index < -0.39 is 0 Å². The highest BCUT2D eigenvalue weighted by Gasteiger charge is 2.24. The Hall–Kier alpha value is -1.98. The molecule has 2 atom stereocenters. The number of hydrogen-bond acceptors (Lipinski definition) is 5. The van der Waals surface area contributed by atoms with Crippen LogP contribution in [0.25, 0.3) is 0 Å². The number of nitrogens with two attached hydrogens (primary N) is 1. The van der Waals surface area contributed by atoms with E-state index in [1.54, 1.807) is 0 Å². The third-order valence-electron chi connectivity index (χ3n) is 3.79. The third kappa shape index (κ3) is 2.64. The average molecular weight is 270 g/mol. The first kappa shape index (κ1) is 13.0. The molecule has 0 saturated carbocycles. The second-order valence-corrected chi connectivity index (χ2v) is 5.00. The van der Waals surface area contributed by atoms with E-state index in [0.29, 0.717) is 5.92 Å². The van der Waals surface area contributed by atoms with Gasteiger partial charge in [-0.1, -0.05) is 18.2 Å². The predicted octanol–water partition coefficient (Wildman–Crippen LogP) is 1.94. The molecule has 0 saturated heterocycles. The van der Waals surface area contributed by atoms with Gasteiger partial charge in [-0.15, -0.1) is 0 Å². The molecule has 1 aromatic carbocycles. The maximum atomic E-state index is 5.71. The molecule has 0 radical (unpaired) electrons. The van der Waals surface area contributed by atoms with Crippen LogP contribution in [-0.4, -0.2) is 16.6 Å². The summed E-state index contributed by atoms with van der Waals surface area (Å²) in [5.74, 6) is 7.13. The molecule has 5 heteroatoms. The van der Waals surface area contributed by atoms with E-state index in [9.17, 15) is 0 Å². The molecular weight excluding hydrogens is 252 g/mol. The van der Waals surface area contributed by atoms with E-state index >= 15 is 0 Å². The average Bonchev–Trinajstić information content (AvgIpc) is 2.53. The predicted molar refractivity (Wildman–Crippen MR) is 76.0 cm³/mol. The highest BCUT2D eigenvalue weighted by molar-refractivity contribution is 5.38. The van der Waals surface area contributed by atoms with Crippen molar-refractivity contribution >= 4 is 0 Å². The number of hydrazine groups is 1. The van der Waals surface area contributed by atoms with Gasteiger partial charge in [0, 0.05) is 24.0 Å². The van der Waals surface area contributed by atoms with Gasteiger partial charge < -0.3 is 4.74 Å². The highest BCUT2D eigenvalue weighted by Crippen LogP contribution is 2.38. The number of rotatable bonds is 4. The number of nitrogens with one attached hydrogen (secondary N) is 1. The van der Waals surface area contributed by atoms with E-state index in [0.717, 1.165) is 30.8 Å². The molecule has 2 heterocycles. The third-order valence-corrected chi connectivity index (χ3v) is 3.79. The van der Waals surface area contributed by atoms with Crippen LogP contribution >= 0.6 is 0 Å². The maximum absolute atomic E-state index is 5.71. The number of ether oxygens (including phenoxy) is 1. The quantitative estimate of drug-likeness (QED) is 0.656. The summed E-state index contributed by atoms with van der Waals surface area (Å²) in [5, 5.41) is 0. The van der Waals surface area contributed by atoms with Gasteiger partial charge in [0.2, 0.25) is 0 Å². The summed E-state index contributed by atoms with van der Waals surface area (Å²) in [6.07, 6.45) is 7.06. The van der Waals surface area contributed by atoms with Gasteiger partial charge >= 0.3 is 0 Å². The molecule has 5 nitrogen and oxygen atoms in total. The monoisotopic (exact) mass is 270 g/mol. The summed E-state index contributed by atoms with van der Waals surface area (Å²) in [6, 6.07) is 8.26. The summed E-state index contributed by atoms with van der Waals surface area (Å²) in [7, 11) is 0. The fraction of sp³-hybridized carbons (Fsp3) is 0.333. The SMILES string of the molecule is NNC(CC1CCOc2ccccc21)c1cncnc1. The van der Waals surface area contributed by atoms with Crippen molar-refractivity contribution in [2.75, 3.05) is 6.61 Å². The lowest BCUT2D eigenvalue weighted by molar-refractivity contribution is 0.255. The van der Waals surface area contributed by atoms with Crippen molar-refractivity contribution in [2.24, 2.45) is 5.84 Å². The second kappa shape index (κ2) is 5.98. The Balaban J connectivity index is 1.81. The van der Waals surface area contributed by atoms with Crippen LogP contribution in [0.3, 0.4) is 0 Å². The van der Waals surface area contributed by atoms with Crippen molar-refractivity contribution in [2.45, 2.75) is 24.8 Å². The molecule has 104 valence electrons. The van der Waals surface area contributed by atoms with Crippen molar-refractivity contribution in [3.05, 3.63) is 54.1 Å². The molecule has 0 fully saturated rings. The van der Waals surface area contributed by atoms with Crippen LogP contribution in [0.15, 0.2) is 43.0 Å². The minimum absolute atomic E-state index is 0.0485. The van der Waals surface area contributed by atoms with Crippen molar-refractivity contribution in [3.8, 4) is 5.75 Å². The zero-order valence-corrected chi connectivity index (χ0v) is 11.2. The first-order valence-corrected chi connectivity index (χ1v) is 6.81. The molecule has 0 aliphatic carbocycles. The number of nitrogens with zero attached hydrogens (tertiary/aromatic N) is 2. The van der Waals surface area contributed by atoms with Crippen LogP contribution < -0.4 is 16.0 Å². The Kier molecular flexibility index (Phi) is 3.90. The Morgan fingerprint density at radius 1 is 1.30 bits per heavy atom. The number of benzene rings is 1. The van der Waals surface area contributed by atoms with Gasteiger partial charge in [0.25, 0.3) is 0 Å². The van der Waals surface area contributed by atoms with Crippen molar-refractivity contribution in [3.63, 3.8) is 0 Å². The van der Waals surface area contributed by atoms with Gasteiger partial charge in [-0.2, -0.15) is 0 Å². The Labute approximate surface area is 118 Å². The molecule has 3 rings (SSSR count). The number of hydrogen-bond donors (Lipinski definition) is 2. The summed E-state index contributed by atoms with van der Waals surface area (Å²) < 4.78 is 5.70. The first-order chi connectivity index (χ1) is 9.88. The summed E-state index contributed by atoms with van der Waals surface area (Å²) in [4.78, 5) is 8.12. The second-order valence-electron chi connectivity index (χ2n) is 5.00. The molecule has 2 unspecified atom stereocenters. The summed E-state index contributed by atoms with van der Waals surface area (Å²) >= 11 is 0. The van der Waals surface area contributed by atoms with Gasteiger partial charge in [-0.3, -0.25) is 11.3 Å². The van der Waals surface area contributed by atoms with E-state index in [1.807, 2.05) is 24.5 Å². The highest BCUT2D eigenvalue weighted by atomic mass is 16.5.